The minimum atomic E-state index is -0.193. The number of piperidine rings is 1. The van der Waals surface area contributed by atoms with E-state index in [2.05, 4.69) is 57.9 Å². The van der Waals surface area contributed by atoms with E-state index in [0.29, 0.717) is 6.04 Å². The Labute approximate surface area is 217 Å². The lowest BCUT2D eigenvalue weighted by molar-refractivity contribution is -0.134. The third kappa shape index (κ3) is 4.84. The lowest BCUT2D eigenvalue weighted by Gasteiger charge is -2.35. The van der Waals surface area contributed by atoms with Crippen LogP contribution in [0, 0.1) is 0 Å². The first kappa shape index (κ1) is 23.7. The smallest absolute Gasteiger partial charge is 0.241 e. The van der Waals surface area contributed by atoms with Crippen LogP contribution < -0.4 is 15.6 Å². The third-order valence-electron chi connectivity index (χ3n) is 7.73. The number of hydrogen-bond acceptors (Lipinski definition) is 5. The zero-order valence-electron chi connectivity index (χ0n) is 21.1. The van der Waals surface area contributed by atoms with Crippen molar-refractivity contribution in [3.05, 3.63) is 95.8 Å². The molecule has 3 aromatic carbocycles. The van der Waals surface area contributed by atoms with Gasteiger partial charge in [-0.05, 0) is 54.7 Å². The fourth-order valence-electron chi connectivity index (χ4n) is 5.74. The van der Waals surface area contributed by atoms with E-state index in [1.807, 2.05) is 41.3 Å². The second-order valence-electron chi connectivity index (χ2n) is 10.0. The van der Waals surface area contributed by atoms with Crippen LogP contribution in [0.2, 0.25) is 0 Å². The van der Waals surface area contributed by atoms with Gasteiger partial charge in [-0.2, -0.15) is 0 Å². The highest BCUT2D eigenvalue weighted by molar-refractivity contribution is 5.82. The number of aromatic nitrogens is 2. The van der Waals surface area contributed by atoms with Gasteiger partial charge in [-0.25, -0.2) is 15.8 Å². The molecule has 0 bridgehead atoms. The summed E-state index contributed by atoms with van der Waals surface area (Å²) >= 11 is 0. The van der Waals surface area contributed by atoms with Gasteiger partial charge in [0.1, 0.15) is 17.6 Å². The molecule has 0 saturated carbocycles. The van der Waals surface area contributed by atoms with Crippen LogP contribution in [0.3, 0.4) is 0 Å². The van der Waals surface area contributed by atoms with Gasteiger partial charge in [-0.3, -0.25) is 4.79 Å². The number of carbonyl (C=O) groups excluding carboxylic acids is 1. The first-order valence-electron chi connectivity index (χ1n) is 13.1. The minimum Gasteiger partial charge on any atom is -0.497 e. The number of carbonyl (C=O) groups is 1. The molecule has 7 nitrogen and oxygen atoms in total. The standard InChI is InChI=1S/C30H33N5O2/c1-37-24-13-11-21(12-14-24)19-29-31-25-9-5-6-10-28(25)35(29)23-15-17-34(18-16-23)30(36)27-20-26(32-33-27)22-7-3-2-4-8-22/h2-14,23,26-27,32-33H,15-20H2,1H3. The van der Waals surface area contributed by atoms with Crippen molar-refractivity contribution in [1.29, 1.82) is 0 Å². The first-order valence-corrected chi connectivity index (χ1v) is 13.1. The quantitative estimate of drug-likeness (QED) is 0.415. The van der Waals surface area contributed by atoms with Crippen LogP contribution in [-0.2, 0) is 11.2 Å². The third-order valence-corrected chi connectivity index (χ3v) is 7.73. The number of para-hydroxylation sites is 2. The number of hydrazine groups is 1. The number of hydrogen-bond donors (Lipinski definition) is 2. The number of fused-ring (bicyclic) bond motifs is 1. The van der Waals surface area contributed by atoms with Crippen LogP contribution in [0.1, 0.15) is 48.3 Å². The van der Waals surface area contributed by atoms with Crippen molar-refractivity contribution in [2.24, 2.45) is 0 Å². The summed E-state index contributed by atoms with van der Waals surface area (Å²) in [6, 6.07) is 27.2. The van der Waals surface area contributed by atoms with Gasteiger partial charge in [-0.1, -0.05) is 54.6 Å². The molecule has 1 aromatic heterocycles. The van der Waals surface area contributed by atoms with Gasteiger partial charge in [0.2, 0.25) is 5.91 Å². The van der Waals surface area contributed by atoms with E-state index in [-0.39, 0.29) is 18.0 Å². The summed E-state index contributed by atoms with van der Waals surface area (Å²) in [7, 11) is 1.69. The summed E-state index contributed by atoms with van der Waals surface area (Å²) in [5.74, 6) is 2.12. The highest BCUT2D eigenvalue weighted by Crippen LogP contribution is 2.31. The van der Waals surface area contributed by atoms with E-state index in [0.717, 1.165) is 55.9 Å². The normalized spacial score (nSPS) is 20.4. The van der Waals surface area contributed by atoms with Crippen LogP contribution >= 0.6 is 0 Å². The second kappa shape index (κ2) is 10.4. The van der Waals surface area contributed by atoms with Gasteiger partial charge in [0.05, 0.1) is 18.1 Å². The highest BCUT2D eigenvalue weighted by atomic mass is 16.5. The molecule has 0 radical (unpaired) electrons. The van der Waals surface area contributed by atoms with E-state index in [9.17, 15) is 4.79 Å². The van der Waals surface area contributed by atoms with Crippen molar-refractivity contribution in [3.8, 4) is 5.75 Å². The SMILES string of the molecule is COc1ccc(Cc2nc3ccccc3n2C2CCN(C(=O)C3CC(c4ccccc4)NN3)CC2)cc1. The van der Waals surface area contributed by atoms with E-state index in [4.69, 9.17) is 9.72 Å². The number of benzene rings is 3. The van der Waals surface area contributed by atoms with Crippen molar-refractivity contribution >= 4 is 16.9 Å². The Bertz CT molecular complexity index is 1360. The Balaban J connectivity index is 1.15. The number of nitrogens with zero attached hydrogens (tertiary/aromatic N) is 3. The first-order chi connectivity index (χ1) is 18.2. The number of ether oxygens (including phenoxy) is 1. The van der Waals surface area contributed by atoms with Gasteiger partial charge in [0.25, 0.3) is 0 Å². The molecule has 3 heterocycles. The molecule has 2 fully saturated rings. The lowest BCUT2D eigenvalue weighted by atomic mass is 9.99. The van der Waals surface area contributed by atoms with Gasteiger partial charge in [0, 0.05) is 31.6 Å². The Morgan fingerprint density at radius 3 is 2.43 bits per heavy atom. The Hall–Kier alpha value is -3.68. The Kier molecular flexibility index (Phi) is 6.64. The number of rotatable bonds is 6. The van der Waals surface area contributed by atoms with E-state index < -0.39 is 0 Å². The zero-order valence-corrected chi connectivity index (χ0v) is 21.1. The molecule has 6 rings (SSSR count). The largest absolute Gasteiger partial charge is 0.497 e. The monoisotopic (exact) mass is 495 g/mol. The maximum atomic E-state index is 13.3. The number of nitrogens with one attached hydrogen (secondary N) is 2. The summed E-state index contributed by atoms with van der Waals surface area (Å²) < 4.78 is 7.74. The maximum absolute atomic E-state index is 13.3. The molecule has 2 aliphatic heterocycles. The summed E-state index contributed by atoms with van der Waals surface area (Å²) in [5, 5.41) is 0. The van der Waals surface area contributed by atoms with Gasteiger partial charge >= 0.3 is 0 Å². The molecule has 7 heteroatoms. The van der Waals surface area contributed by atoms with Crippen molar-refractivity contribution in [2.45, 2.75) is 43.8 Å². The molecular formula is C30H33N5O2. The van der Waals surface area contributed by atoms with Crippen LogP contribution in [0.25, 0.3) is 11.0 Å². The van der Waals surface area contributed by atoms with Crippen molar-refractivity contribution < 1.29 is 9.53 Å². The highest BCUT2D eigenvalue weighted by Gasteiger charge is 2.35. The van der Waals surface area contributed by atoms with Crippen LogP contribution in [0.5, 0.6) is 5.75 Å². The predicted molar refractivity (Wildman–Crippen MR) is 144 cm³/mol. The lowest BCUT2D eigenvalue weighted by Crippen LogP contribution is -2.48. The molecule has 0 aliphatic carbocycles. The van der Waals surface area contributed by atoms with Gasteiger partial charge in [-0.15, -0.1) is 0 Å². The maximum Gasteiger partial charge on any atom is 0.241 e. The summed E-state index contributed by atoms with van der Waals surface area (Å²) in [6.07, 6.45) is 3.37. The molecule has 1 amide bonds. The molecule has 2 aliphatic rings. The summed E-state index contributed by atoms with van der Waals surface area (Å²) in [5.41, 5.74) is 11.2. The molecule has 0 spiro atoms. The molecule has 2 saturated heterocycles. The van der Waals surface area contributed by atoms with Gasteiger partial charge in [0.15, 0.2) is 0 Å². The number of likely N-dealkylation sites (tertiary alicyclic amines) is 1. The van der Waals surface area contributed by atoms with E-state index >= 15 is 0 Å². The predicted octanol–water partition coefficient (Wildman–Crippen LogP) is 4.41. The van der Waals surface area contributed by atoms with Crippen LogP contribution in [-0.4, -0.2) is 46.6 Å². The average molecular weight is 496 g/mol. The summed E-state index contributed by atoms with van der Waals surface area (Å²) in [6.45, 7) is 1.51. The van der Waals surface area contributed by atoms with Crippen molar-refractivity contribution in [3.63, 3.8) is 0 Å². The van der Waals surface area contributed by atoms with E-state index in [1.165, 1.54) is 16.6 Å². The van der Waals surface area contributed by atoms with Gasteiger partial charge < -0.3 is 14.2 Å². The number of methoxy groups -OCH3 is 1. The molecule has 190 valence electrons. The topological polar surface area (TPSA) is 71.4 Å². The fourth-order valence-corrected chi connectivity index (χ4v) is 5.74. The average Bonchev–Trinajstić information content (AvgIpc) is 3.59. The molecule has 2 N–H and O–H groups in total. The molecule has 37 heavy (non-hydrogen) atoms. The van der Waals surface area contributed by atoms with Crippen molar-refractivity contribution in [2.75, 3.05) is 20.2 Å². The van der Waals surface area contributed by atoms with Crippen molar-refractivity contribution in [1.82, 2.24) is 25.3 Å². The molecular weight excluding hydrogens is 462 g/mol. The molecule has 4 aromatic rings. The minimum absolute atomic E-state index is 0.158. The second-order valence-corrected chi connectivity index (χ2v) is 10.0. The molecule has 2 unspecified atom stereocenters. The zero-order chi connectivity index (χ0) is 25.2. The van der Waals surface area contributed by atoms with Crippen LogP contribution in [0.15, 0.2) is 78.9 Å². The summed E-state index contributed by atoms with van der Waals surface area (Å²) in [4.78, 5) is 20.4. The van der Waals surface area contributed by atoms with E-state index in [1.54, 1.807) is 7.11 Å². The van der Waals surface area contributed by atoms with Crippen LogP contribution in [0.4, 0.5) is 0 Å². The Morgan fingerprint density at radius 2 is 1.68 bits per heavy atom. The number of amides is 1. The number of imidazole rings is 1. The Morgan fingerprint density at radius 1 is 0.946 bits per heavy atom. The fraction of sp³-hybridized carbons (Fsp3) is 0.333. The molecule has 2 atom stereocenters.